The molecule has 4 heteroatoms. The summed E-state index contributed by atoms with van der Waals surface area (Å²) in [5.74, 6) is 0.0332. The van der Waals surface area contributed by atoms with Gasteiger partial charge in [-0.15, -0.1) is 0 Å². The average molecular weight is 325 g/mol. The van der Waals surface area contributed by atoms with Gasteiger partial charge in [0.1, 0.15) is 11.6 Å². The molecule has 0 aliphatic heterocycles. The van der Waals surface area contributed by atoms with Crippen LogP contribution in [-0.4, -0.2) is 12.9 Å². The maximum absolute atomic E-state index is 14.1. The molecule has 1 atom stereocenters. The smallest absolute Gasteiger partial charge is 0.170 e. The Labute approximate surface area is 140 Å². The van der Waals surface area contributed by atoms with Crippen LogP contribution in [0.5, 0.6) is 5.75 Å². The average Bonchev–Trinajstić information content (AvgIpc) is 2.57. The van der Waals surface area contributed by atoms with Crippen LogP contribution in [0.25, 0.3) is 5.57 Å². The van der Waals surface area contributed by atoms with E-state index in [0.717, 1.165) is 11.1 Å². The molecule has 0 spiro atoms. The fourth-order valence-electron chi connectivity index (χ4n) is 3.15. The van der Waals surface area contributed by atoms with Crippen molar-refractivity contribution in [1.29, 1.82) is 0 Å². The van der Waals surface area contributed by atoms with E-state index in [2.05, 4.69) is 0 Å². The summed E-state index contributed by atoms with van der Waals surface area (Å²) in [5.41, 5.74) is 9.68. The minimum atomic E-state index is -0.300. The van der Waals surface area contributed by atoms with Crippen LogP contribution in [0.4, 0.5) is 10.1 Å². The highest BCUT2D eigenvalue weighted by atomic mass is 19.1. The Morgan fingerprint density at radius 1 is 1.17 bits per heavy atom. The summed E-state index contributed by atoms with van der Waals surface area (Å²) in [6.07, 6.45) is 3.04. The van der Waals surface area contributed by atoms with Gasteiger partial charge < -0.3 is 10.5 Å². The lowest BCUT2D eigenvalue weighted by Gasteiger charge is -2.22. The maximum atomic E-state index is 14.1. The second-order valence-electron chi connectivity index (χ2n) is 6.12. The Hall–Kier alpha value is -2.62. The number of halogens is 1. The molecule has 1 aliphatic rings. The maximum Gasteiger partial charge on any atom is 0.170 e. The van der Waals surface area contributed by atoms with E-state index in [1.54, 1.807) is 24.3 Å². The summed E-state index contributed by atoms with van der Waals surface area (Å²) in [7, 11) is 1.51. The molecule has 0 aromatic heterocycles. The van der Waals surface area contributed by atoms with Gasteiger partial charge in [-0.1, -0.05) is 12.1 Å². The molecule has 124 valence electrons. The van der Waals surface area contributed by atoms with Crippen molar-refractivity contribution >= 4 is 17.0 Å². The fraction of sp³-hybridized carbons (Fsp3) is 0.250. The first-order valence-corrected chi connectivity index (χ1v) is 7.94. The normalized spacial score (nSPS) is 16.5. The van der Waals surface area contributed by atoms with Crippen LogP contribution in [0.15, 0.2) is 42.5 Å². The second-order valence-corrected chi connectivity index (χ2v) is 6.12. The Morgan fingerprint density at radius 2 is 1.96 bits per heavy atom. The topological polar surface area (TPSA) is 52.3 Å². The molecule has 0 amide bonds. The number of carbonyl (C=O) groups excluding carboxylic acids is 1. The van der Waals surface area contributed by atoms with Gasteiger partial charge in [0.15, 0.2) is 5.78 Å². The van der Waals surface area contributed by atoms with Crippen molar-refractivity contribution in [3.05, 3.63) is 65.0 Å². The van der Waals surface area contributed by atoms with Crippen molar-refractivity contribution in [2.45, 2.75) is 19.8 Å². The van der Waals surface area contributed by atoms with E-state index >= 15 is 0 Å². The Morgan fingerprint density at radius 3 is 2.67 bits per heavy atom. The minimum absolute atomic E-state index is 0.0736. The van der Waals surface area contributed by atoms with Crippen molar-refractivity contribution in [2.24, 2.45) is 5.92 Å². The number of hydrogen-bond donors (Lipinski definition) is 1. The number of nitrogen functional groups attached to an aromatic ring is 1. The van der Waals surface area contributed by atoms with Crippen LogP contribution in [0.3, 0.4) is 0 Å². The molecule has 2 aromatic carbocycles. The number of nitrogens with two attached hydrogens (primary N) is 1. The van der Waals surface area contributed by atoms with Crippen molar-refractivity contribution in [2.75, 3.05) is 12.8 Å². The molecule has 1 unspecified atom stereocenters. The van der Waals surface area contributed by atoms with E-state index < -0.39 is 0 Å². The first-order valence-electron chi connectivity index (χ1n) is 7.94. The Bertz CT molecular complexity index is 826. The second kappa shape index (κ2) is 6.48. The highest BCUT2D eigenvalue weighted by Gasteiger charge is 2.26. The molecular formula is C20H20FNO2. The molecule has 3 rings (SSSR count). The number of aryl methyl sites for hydroxylation is 1. The molecule has 3 nitrogen and oxygen atoms in total. The number of ether oxygens (including phenoxy) is 1. The highest BCUT2D eigenvalue weighted by Crippen LogP contribution is 2.32. The Kier molecular flexibility index (Phi) is 4.38. The summed E-state index contributed by atoms with van der Waals surface area (Å²) < 4.78 is 19.1. The summed E-state index contributed by atoms with van der Waals surface area (Å²) >= 11 is 0. The number of ketones is 1. The van der Waals surface area contributed by atoms with Crippen LogP contribution in [0, 0.1) is 11.7 Å². The molecule has 1 aliphatic carbocycles. The van der Waals surface area contributed by atoms with E-state index in [0.29, 0.717) is 35.4 Å². The van der Waals surface area contributed by atoms with Gasteiger partial charge in [0.05, 0.1) is 7.11 Å². The molecule has 2 N–H and O–H groups in total. The SMILES string of the molecule is COc1ccc(CCC2C=C(C)c3cc(N)ccc3C2=O)c(F)c1. The van der Waals surface area contributed by atoms with Gasteiger partial charge in [-0.3, -0.25) is 4.79 Å². The van der Waals surface area contributed by atoms with E-state index in [-0.39, 0.29) is 17.5 Å². The zero-order chi connectivity index (χ0) is 17.3. The molecule has 0 bridgehead atoms. The standard InChI is InChI=1S/C20H20FNO2/c1-12-9-14(20(23)17-8-6-15(22)10-18(12)17)4-3-13-5-7-16(24-2)11-19(13)21/h5-11,14H,3-4,22H2,1-2H3. The number of Topliss-reactive ketones (excluding diaryl/α,β-unsaturated/α-hetero) is 1. The van der Waals surface area contributed by atoms with Gasteiger partial charge in [-0.2, -0.15) is 0 Å². The van der Waals surface area contributed by atoms with E-state index in [1.807, 2.05) is 19.1 Å². The summed E-state index contributed by atoms with van der Waals surface area (Å²) in [6, 6.07) is 10.2. The zero-order valence-electron chi connectivity index (χ0n) is 13.8. The predicted molar refractivity (Wildman–Crippen MR) is 93.6 cm³/mol. The predicted octanol–water partition coefficient (Wildman–Crippen LogP) is 4.27. The number of fused-ring (bicyclic) bond motifs is 1. The van der Waals surface area contributed by atoms with E-state index in [9.17, 15) is 9.18 Å². The van der Waals surface area contributed by atoms with Crippen molar-refractivity contribution in [3.63, 3.8) is 0 Å². The quantitative estimate of drug-likeness (QED) is 0.854. The zero-order valence-corrected chi connectivity index (χ0v) is 13.8. The number of carbonyl (C=O) groups is 1. The third kappa shape index (κ3) is 3.04. The number of allylic oxidation sites excluding steroid dienone is 2. The lowest BCUT2D eigenvalue weighted by molar-refractivity contribution is 0.0938. The van der Waals surface area contributed by atoms with Gasteiger partial charge in [0.2, 0.25) is 0 Å². The lowest BCUT2D eigenvalue weighted by atomic mass is 9.81. The highest BCUT2D eigenvalue weighted by molar-refractivity contribution is 6.06. The monoisotopic (exact) mass is 325 g/mol. The summed E-state index contributed by atoms with van der Waals surface area (Å²) in [5, 5.41) is 0. The number of anilines is 1. The van der Waals surface area contributed by atoms with Crippen LogP contribution >= 0.6 is 0 Å². The van der Waals surface area contributed by atoms with Crippen LogP contribution in [-0.2, 0) is 6.42 Å². The third-order valence-corrected chi connectivity index (χ3v) is 4.51. The molecule has 0 heterocycles. The summed E-state index contributed by atoms with van der Waals surface area (Å²) in [4.78, 5) is 12.7. The molecule has 0 saturated carbocycles. The van der Waals surface area contributed by atoms with Crippen molar-refractivity contribution in [1.82, 2.24) is 0 Å². The van der Waals surface area contributed by atoms with Gasteiger partial charge in [0.25, 0.3) is 0 Å². The van der Waals surface area contributed by atoms with Crippen LogP contribution in [0.2, 0.25) is 0 Å². The van der Waals surface area contributed by atoms with Gasteiger partial charge in [-0.05, 0) is 60.7 Å². The van der Waals surface area contributed by atoms with Gasteiger partial charge in [0, 0.05) is 23.2 Å². The Balaban J connectivity index is 1.79. The molecule has 2 aromatic rings. The van der Waals surface area contributed by atoms with E-state index in [4.69, 9.17) is 10.5 Å². The van der Waals surface area contributed by atoms with Crippen molar-refractivity contribution < 1.29 is 13.9 Å². The first-order chi connectivity index (χ1) is 11.5. The molecule has 0 fully saturated rings. The van der Waals surface area contributed by atoms with Crippen LogP contribution in [0.1, 0.15) is 34.8 Å². The van der Waals surface area contributed by atoms with Gasteiger partial charge in [-0.25, -0.2) is 4.39 Å². The summed E-state index contributed by atoms with van der Waals surface area (Å²) in [6.45, 7) is 1.98. The number of hydrogen-bond acceptors (Lipinski definition) is 3. The first kappa shape index (κ1) is 16.2. The third-order valence-electron chi connectivity index (χ3n) is 4.51. The number of benzene rings is 2. The van der Waals surface area contributed by atoms with E-state index in [1.165, 1.54) is 13.2 Å². The molecule has 0 radical (unpaired) electrons. The minimum Gasteiger partial charge on any atom is -0.497 e. The lowest BCUT2D eigenvalue weighted by Crippen LogP contribution is -2.19. The number of methoxy groups -OCH3 is 1. The van der Waals surface area contributed by atoms with Gasteiger partial charge >= 0.3 is 0 Å². The fourth-order valence-corrected chi connectivity index (χ4v) is 3.15. The molecule has 0 saturated heterocycles. The molecule has 24 heavy (non-hydrogen) atoms. The van der Waals surface area contributed by atoms with Crippen LogP contribution < -0.4 is 10.5 Å². The van der Waals surface area contributed by atoms with Crippen molar-refractivity contribution in [3.8, 4) is 5.75 Å². The largest absolute Gasteiger partial charge is 0.497 e. The number of rotatable bonds is 4. The molecular weight excluding hydrogens is 305 g/mol.